The molecule has 8 heteroatoms. The second-order valence-electron chi connectivity index (χ2n) is 7.50. The van der Waals surface area contributed by atoms with E-state index in [0.29, 0.717) is 29.1 Å². The quantitative estimate of drug-likeness (QED) is 0.628. The summed E-state index contributed by atoms with van der Waals surface area (Å²) >= 11 is 0. The molecule has 7 nitrogen and oxygen atoms in total. The molecule has 1 aliphatic heterocycles. The number of allylic oxidation sites excluding steroid dienone is 5. The number of piperazine rings is 1. The largest absolute Gasteiger partial charge is 0.308 e. The van der Waals surface area contributed by atoms with Crippen molar-refractivity contribution in [2.45, 2.75) is 32.7 Å². The number of hydrogen-bond acceptors (Lipinski definition) is 4. The normalized spacial score (nSPS) is 21.2. The zero-order chi connectivity index (χ0) is 22.8. The Morgan fingerprint density at radius 3 is 2.23 bits per heavy atom. The molecule has 0 radical (unpaired) electrons. The molecule has 0 spiro atoms. The summed E-state index contributed by atoms with van der Waals surface area (Å²) in [5, 5.41) is 0. The molecule has 1 unspecified atom stereocenters. The third kappa shape index (κ3) is 5.06. The van der Waals surface area contributed by atoms with E-state index in [-0.39, 0.29) is 28.7 Å². The number of rotatable bonds is 7. The van der Waals surface area contributed by atoms with Gasteiger partial charge in [-0.15, -0.1) is 0 Å². The van der Waals surface area contributed by atoms with E-state index in [0.717, 1.165) is 12.8 Å². The number of nitrogens with one attached hydrogen (secondary N) is 1. The maximum atomic E-state index is 12.8. The molecular formula is C22H29N3O4S. The topological polar surface area (TPSA) is 86.8 Å². The van der Waals surface area contributed by atoms with Crippen molar-refractivity contribution >= 4 is 21.8 Å². The van der Waals surface area contributed by atoms with Gasteiger partial charge >= 0.3 is 0 Å². The SMILES string of the molecule is C=C(/C=C\C(=C)S(=O)(=O)NC)C(=C)/C=C1\C(=C)N(C(C)=O)C(C)CN1C(=O)C1CC1. The molecule has 2 rings (SSSR count). The first-order chi connectivity index (χ1) is 13.9. The zero-order valence-electron chi connectivity index (χ0n) is 17.8. The molecule has 1 heterocycles. The van der Waals surface area contributed by atoms with Gasteiger partial charge in [0.15, 0.2) is 0 Å². The van der Waals surface area contributed by atoms with Crippen molar-refractivity contribution in [1.82, 2.24) is 14.5 Å². The van der Waals surface area contributed by atoms with Crippen molar-refractivity contribution in [3.05, 3.63) is 72.0 Å². The molecular weight excluding hydrogens is 402 g/mol. The molecule has 2 aliphatic rings. The Morgan fingerprint density at radius 2 is 1.73 bits per heavy atom. The second-order valence-corrected chi connectivity index (χ2v) is 9.43. The minimum atomic E-state index is -3.63. The molecule has 2 fully saturated rings. The summed E-state index contributed by atoms with van der Waals surface area (Å²) in [5.41, 5.74) is 1.83. The van der Waals surface area contributed by atoms with E-state index in [1.165, 1.54) is 26.1 Å². The first kappa shape index (κ1) is 23.6. The van der Waals surface area contributed by atoms with Gasteiger partial charge in [0.1, 0.15) is 0 Å². The van der Waals surface area contributed by atoms with Crippen LogP contribution in [-0.2, 0) is 19.6 Å². The van der Waals surface area contributed by atoms with Gasteiger partial charge in [0.05, 0.1) is 22.3 Å². The molecule has 1 saturated heterocycles. The van der Waals surface area contributed by atoms with E-state index < -0.39 is 10.0 Å². The van der Waals surface area contributed by atoms with Crippen molar-refractivity contribution in [3.8, 4) is 0 Å². The van der Waals surface area contributed by atoms with Crippen LogP contribution in [0, 0.1) is 5.92 Å². The lowest BCUT2D eigenvalue weighted by Gasteiger charge is -2.42. The maximum absolute atomic E-state index is 12.8. The van der Waals surface area contributed by atoms with Crippen LogP contribution in [0.4, 0.5) is 0 Å². The predicted molar refractivity (Wildman–Crippen MR) is 118 cm³/mol. The lowest BCUT2D eigenvalue weighted by molar-refractivity contribution is -0.136. The van der Waals surface area contributed by atoms with Crippen LogP contribution in [0.1, 0.15) is 26.7 Å². The van der Waals surface area contributed by atoms with E-state index in [2.05, 4.69) is 31.0 Å². The van der Waals surface area contributed by atoms with Crippen molar-refractivity contribution in [2.24, 2.45) is 5.92 Å². The summed E-state index contributed by atoms with van der Waals surface area (Å²) in [7, 11) is -2.33. The van der Waals surface area contributed by atoms with Crippen molar-refractivity contribution in [2.75, 3.05) is 13.6 Å². The number of carbonyl (C=O) groups excluding carboxylic acids is 2. The van der Waals surface area contributed by atoms with E-state index in [9.17, 15) is 18.0 Å². The van der Waals surface area contributed by atoms with Crippen LogP contribution in [-0.4, -0.2) is 49.7 Å². The van der Waals surface area contributed by atoms with Gasteiger partial charge in [-0.1, -0.05) is 32.4 Å². The van der Waals surface area contributed by atoms with Crippen LogP contribution in [0.2, 0.25) is 0 Å². The first-order valence-corrected chi connectivity index (χ1v) is 11.1. The molecule has 1 aliphatic carbocycles. The van der Waals surface area contributed by atoms with Crippen LogP contribution >= 0.6 is 0 Å². The minimum Gasteiger partial charge on any atom is -0.308 e. The average Bonchev–Trinajstić information content (AvgIpc) is 3.51. The summed E-state index contributed by atoms with van der Waals surface area (Å²) in [6.45, 7) is 19.2. The maximum Gasteiger partial charge on any atom is 0.239 e. The highest BCUT2D eigenvalue weighted by molar-refractivity contribution is 7.93. The van der Waals surface area contributed by atoms with Crippen molar-refractivity contribution < 1.29 is 18.0 Å². The van der Waals surface area contributed by atoms with Gasteiger partial charge in [0.25, 0.3) is 0 Å². The molecule has 0 aromatic heterocycles. The highest BCUT2D eigenvalue weighted by atomic mass is 32.2. The lowest BCUT2D eigenvalue weighted by atomic mass is 10.0. The van der Waals surface area contributed by atoms with Crippen LogP contribution in [0.3, 0.4) is 0 Å². The smallest absolute Gasteiger partial charge is 0.239 e. The number of amides is 2. The zero-order valence-corrected chi connectivity index (χ0v) is 18.6. The first-order valence-electron chi connectivity index (χ1n) is 9.61. The Morgan fingerprint density at radius 1 is 1.13 bits per heavy atom. The summed E-state index contributed by atoms with van der Waals surface area (Å²) in [6, 6.07) is -0.193. The van der Waals surface area contributed by atoms with Gasteiger partial charge in [-0.2, -0.15) is 0 Å². The highest BCUT2D eigenvalue weighted by Crippen LogP contribution is 2.36. The van der Waals surface area contributed by atoms with Gasteiger partial charge in [-0.3, -0.25) is 9.59 Å². The molecule has 30 heavy (non-hydrogen) atoms. The summed E-state index contributed by atoms with van der Waals surface area (Å²) < 4.78 is 25.7. The summed E-state index contributed by atoms with van der Waals surface area (Å²) in [6.07, 6.45) is 6.19. The Hall–Kier alpha value is -2.71. The fraction of sp³-hybridized carbons (Fsp3) is 0.364. The van der Waals surface area contributed by atoms with E-state index >= 15 is 0 Å². The van der Waals surface area contributed by atoms with E-state index in [4.69, 9.17) is 0 Å². The third-order valence-electron chi connectivity index (χ3n) is 5.10. The average molecular weight is 432 g/mol. The number of hydrogen-bond donors (Lipinski definition) is 1. The number of nitrogens with zero attached hydrogens (tertiary/aromatic N) is 2. The number of sulfonamides is 1. The van der Waals surface area contributed by atoms with Gasteiger partial charge < -0.3 is 9.80 Å². The van der Waals surface area contributed by atoms with Crippen molar-refractivity contribution in [1.29, 1.82) is 0 Å². The second kappa shape index (κ2) is 8.97. The summed E-state index contributed by atoms with van der Waals surface area (Å²) in [4.78, 5) is 28.1. The van der Waals surface area contributed by atoms with E-state index in [1.54, 1.807) is 15.9 Å². The lowest BCUT2D eigenvalue weighted by Crippen LogP contribution is -2.52. The molecule has 162 valence electrons. The minimum absolute atomic E-state index is 0.00344. The Kier molecular flexibility index (Phi) is 7.05. The molecule has 0 aromatic rings. The van der Waals surface area contributed by atoms with Gasteiger partial charge in [0.2, 0.25) is 21.8 Å². The molecule has 2 amide bonds. The van der Waals surface area contributed by atoms with Crippen molar-refractivity contribution in [3.63, 3.8) is 0 Å². The Labute approximate surface area is 178 Å². The standard InChI is InChI=1S/C22H29N3O4S/c1-14(8-9-17(4)30(28,29)23-7)15(2)12-21-18(5)25(19(6)26)16(3)13-24(21)22(27)20-10-11-20/h8-9,12,16,20,23H,1-2,4-5,10-11,13H2,3,6-7H3/b9-8-,21-12+. The van der Waals surface area contributed by atoms with E-state index in [1.807, 2.05) is 6.92 Å². The molecule has 1 saturated carbocycles. The monoisotopic (exact) mass is 431 g/mol. The third-order valence-corrected chi connectivity index (χ3v) is 6.47. The fourth-order valence-electron chi connectivity index (χ4n) is 3.19. The molecule has 0 bridgehead atoms. The predicted octanol–water partition coefficient (Wildman–Crippen LogP) is 2.60. The van der Waals surface area contributed by atoms with Crippen LogP contribution in [0.15, 0.2) is 72.0 Å². The van der Waals surface area contributed by atoms with Crippen LogP contribution < -0.4 is 4.72 Å². The van der Waals surface area contributed by atoms with Gasteiger partial charge in [0, 0.05) is 19.4 Å². The Bertz CT molecular complexity index is 984. The number of carbonyl (C=O) groups is 2. The van der Waals surface area contributed by atoms with Crippen LogP contribution in [0.25, 0.3) is 0 Å². The fourth-order valence-corrected chi connectivity index (χ4v) is 3.70. The Balaban J connectivity index is 2.32. The summed E-state index contributed by atoms with van der Waals surface area (Å²) in [5.74, 6) is -0.140. The van der Waals surface area contributed by atoms with Crippen LogP contribution in [0.5, 0.6) is 0 Å². The van der Waals surface area contributed by atoms with Gasteiger partial charge in [-0.25, -0.2) is 13.1 Å². The highest BCUT2D eigenvalue weighted by Gasteiger charge is 2.40. The molecule has 0 aromatic carbocycles. The van der Waals surface area contributed by atoms with Gasteiger partial charge in [-0.05, 0) is 50.1 Å². The molecule has 1 atom stereocenters. The molecule has 1 N–H and O–H groups in total.